The molecule has 0 fully saturated rings. The van der Waals surface area contributed by atoms with Crippen LogP contribution in [0.5, 0.6) is 0 Å². The van der Waals surface area contributed by atoms with Gasteiger partial charge in [0, 0.05) is 15.7 Å². The van der Waals surface area contributed by atoms with E-state index in [2.05, 4.69) is 5.32 Å². The Labute approximate surface area is 122 Å². The van der Waals surface area contributed by atoms with Crippen molar-refractivity contribution in [2.75, 3.05) is 0 Å². The molecule has 0 heterocycles. The van der Waals surface area contributed by atoms with Crippen LogP contribution in [0.3, 0.4) is 0 Å². The standard InChI is InChI=1S/C11H11IN2O5/c1-5-8(10(15)13-6(2)11(16)17)3-7(14(18)19)4-9(5)12/h3-4,6H,1-2H3,(H,13,15)(H,16,17)/t6-/m0/s1. The highest BCUT2D eigenvalue weighted by molar-refractivity contribution is 14.1. The molecule has 0 saturated heterocycles. The summed E-state index contributed by atoms with van der Waals surface area (Å²) < 4.78 is 0.569. The highest BCUT2D eigenvalue weighted by Crippen LogP contribution is 2.23. The number of carboxylic acids is 1. The molecule has 8 heteroatoms. The quantitative estimate of drug-likeness (QED) is 0.471. The molecule has 2 N–H and O–H groups in total. The van der Waals surface area contributed by atoms with Gasteiger partial charge < -0.3 is 10.4 Å². The van der Waals surface area contributed by atoms with Crippen molar-refractivity contribution in [1.82, 2.24) is 5.32 Å². The van der Waals surface area contributed by atoms with E-state index in [0.29, 0.717) is 9.13 Å². The van der Waals surface area contributed by atoms with Gasteiger partial charge in [0.1, 0.15) is 6.04 Å². The number of hydrogen-bond donors (Lipinski definition) is 2. The lowest BCUT2D eigenvalue weighted by Crippen LogP contribution is -2.38. The number of nitro benzene ring substituents is 1. The summed E-state index contributed by atoms with van der Waals surface area (Å²) in [4.78, 5) is 32.7. The molecule has 0 spiro atoms. The molecule has 0 aromatic heterocycles. The largest absolute Gasteiger partial charge is 0.480 e. The summed E-state index contributed by atoms with van der Waals surface area (Å²) in [6.07, 6.45) is 0. The summed E-state index contributed by atoms with van der Waals surface area (Å²) >= 11 is 1.89. The minimum absolute atomic E-state index is 0.103. The smallest absolute Gasteiger partial charge is 0.325 e. The number of non-ortho nitro benzene ring substituents is 1. The normalized spacial score (nSPS) is 11.7. The predicted molar refractivity (Wildman–Crippen MR) is 75.1 cm³/mol. The Balaban J connectivity index is 3.15. The first kappa shape index (κ1) is 15.3. The Hall–Kier alpha value is -1.71. The minimum atomic E-state index is -1.17. The van der Waals surface area contributed by atoms with E-state index in [1.807, 2.05) is 22.6 Å². The molecule has 102 valence electrons. The Morgan fingerprint density at radius 3 is 2.53 bits per heavy atom. The SMILES string of the molecule is Cc1c(I)cc([N+](=O)[O-])cc1C(=O)N[C@@H](C)C(=O)O. The van der Waals surface area contributed by atoms with E-state index >= 15 is 0 Å². The molecule has 1 amide bonds. The zero-order valence-electron chi connectivity index (χ0n) is 10.1. The molecule has 1 rings (SSSR count). The monoisotopic (exact) mass is 378 g/mol. The molecule has 0 aliphatic carbocycles. The van der Waals surface area contributed by atoms with Crippen LogP contribution in [0.4, 0.5) is 5.69 Å². The van der Waals surface area contributed by atoms with Gasteiger partial charge in [0.25, 0.3) is 11.6 Å². The van der Waals surface area contributed by atoms with E-state index < -0.39 is 22.8 Å². The first-order valence-corrected chi connectivity index (χ1v) is 6.30. The number of nitrogens with zero attached hydrogens (tertiary/aromatic N) is 1. The zero-order chi connectivity index (χ0) is 14.7. The van der Waals surface area contributed by atoms with Gasteiger partial charge in [0.05, 0.1) is 10.5 Å². The van der Waals surface area contributed by atoms with E-state index in [4.69, 9.17) is 5.11 Å². The van der Waals surface area contributed by atoms with Crippen molar-refractivity contribution < 1.29 is 19.6 Å². The Bertz CT molecular complexity index is 558. The summed E-state index contributed by atoms with van der Waals surface area (Å²) in [5, 5.41) is 21.7. The summed E-state index contributed by atoms with van der Waals surface area (Å²) in [5.74, 6) is -1.82. The average molecular weight is 378 g/mol. The van der Waals surface area contributed by atoms with Crippen LogP contribution in [0.2, 0.25) is 0 Å². The molecule has 0 unspecified atom stereocenters. The number of hydrogen-bond acceptors (Lipinski definition) is 4. The maximum atomic E-state index is 11.9. The topological polar surface area (TPSA) is 110 Å². The van der Waals surface area contributed by atoms with Crippen molar-refractivity contribution in [2.45, 2.75) is 19.9 Å². The maximum Gasteiger partial charge on any atom is 0.325 e. The second kappa shape index (κ2) is 5.95. The zero-order valence-corrected chi connectivity index (χ0v) is 12.3. The summed E-state index contributed by atoms with van der Waals surface area (Å²) in [6.45, 7) is 2.96. The van der Waals surface area contributed by atoms with Crippen LogP contribution in [0.1, 0.15) is 22.8 Å². The van der Waals surface area contributed by atoms with Crippen molar-refractivity contribution >= 4 is 40.2 Å². The molecule has 0 saturated carbocycles. The molecular weight excluding hydrogens is 367 g/mol. The van der Waals surface area contributed by atoms with Crippen LogP contribution in [-0.2, 0) is 4.79 Å². The number of nitro groups is 1. The Morgan fingerprint density at radius 2 is 2.05 bits per heavy atom. The van der Waals surface area contributed by atoms with Crippen molar-refractivity contribution in [2.24, 2.45) is 0 Å². The number of benzene rings is 1. The van der Waals surface area contributed by atoms with Crippen molar-refractivity contribution in [3.05, 3.63) is 36.9 Å². The van der Waals surface area contributed by atoms with E-state index in [0.717, 1.165) is 6.07 Å². The second-order valence-corrected chi connectivity index (χ2v) is 5.05. The van der Waals surface area contributed by atoms with Gasteiger partial charge in [-0.25, -0.2) is 0 Å². The van der Waals surface area contributed by atoms with Crippen LogP contribution < -0.4 is 5.32 Å². The lowest BCUT2D eigenvalue weighted by molar-refractivity contribution is -0.385. The number of rotatable bonds is 4. The molecule has 0 radical (unpaired) electrons. The van der Waals surface area contributed by atoms with Crippen LogP contribution in [0, 0.1) is 20.6 Å². The van der Waals surface area contributed by atoms with Gasteiger partial charge >= 0.3 is 5.97 Å². The molecule has 0 bridgehead atoms. The third kappa shape index (κ3) is 3.63. The number of nitrogens with one attached hydrogen (secondary N) is 1. The summed E-state index contributed by atoms with van der Waals surface area (Å²) in [6, 6.07) is 1.43. The molecule has 1 aromatic carbocycles. The summed E-state index contributed by atoms with van der Waals surface area (Å²) in [5.41, 5.74) is 0.469. The molecule has 0 aliphatic heterocycles. The molecule has 19 heavy (non-hydrogen) atoms. The molecular formula is C11H11IN2O5. The van der Waals surface area contributed by atoms with Crippen LogP contribution >= 0.6 is 22.6 Å². The molecule has 7 nitrogen and oxygen atoms in total. The first-order valence-electron chi connectivity index (χ1n) is 5.22. The van der Waals surface area contributed by atoms with Crippen LogP contribution in [-0.4, -0.2) is 27.9 Å². The fourth-order valence-corrected chi connectivity index (χ4v) is 1.95. The van der Waals surface area contributed by atoms with Gasteiger partial charge in [-0.05, 0) is 42.0 Å². The first-order chi connectivity index (χ1) is 8.73. The number of carbonyl (C=O) groups excluding carboxylic acids is 1. The van der Waals surface area contributed by atoms with Crippen molar-refractivity contribution in [3.63, 3.8) is 0 Å². The van der Waals surface area contributed by atoms with E-state index in [9.17, 15) is 19.7 Å². The van der Waals surface area contributed by atoms with Crippen LogP contribution in [0.25, 0.3) is 0 Å². The van der Waals surface area contributed by atoms with Gasteiger partial charge in [0.2, 0.25) is 0 Å². The Kier molecular flexibility index (Phi) is 4.81. The lowest BCUT2D eigenvalue weighted by atomic mass is 10.1. The predicted octanol–water partition coefficient (Wildman–Crippen LogP) is 1.71. The van der Waals surface area contributed by atoms with Gasteiger partial charge in [-0.2, -0.15) is 0 Å². The third-order valence-corrected chi connectivity index (χ3v) is 3.62. The number of carbonyl (C=O) groups is 2. The number of halogens is 1. The van der Waals surface area contributed by atoms with Gasteiger partial charge in [-0.15, -0.1) is 0 Å². The average Bonchev–Trinajstić information content (AvgIpc) is 2.31. The number of aliphatic carboxylic acids is 1. The maximum absolute atomic E-state index is 11.9. The molecule has 0 aliphatic rings. The number of carboxylic acid groups (broad SMARTS) is 1. The third-order valence-electron chi connectivity index (χ3n) is 2.50. The van der Waals surface area contributed by atoms with Gasteiger partial charge in [-0.1, -0.05) is 0 Å². The van der Waals surface area contributed by atoms with E-state index in [1.165, 1.54) is 13.0 Å². The molecule has 1 aromatic rings. The van der Waals surface area contributed by atoms with E-state index in [-0.39, 0.29) is 11.3 Å². The lowest BCUT2D eigenvalue weighted by Gasteiger charge is -2.11. The fourth-order valence-electron chi connectivity index (χ4n) is 1.34. The van der Waals surface area contributed by atoms with E-state index in [1.54, 1.807) is 6.92 Å². The highest BCUT2D eigenvalue weighted by atomic mass is 127. The Morgan fingerprint density at radius 1 is 1.47 bits per heavy atom. The second-order valence-electron chi connectivity index (χ2n) is 3.89. The van der Waals surface area contributed by atoms with Crippen molar-refractivity contribution in [3.8, 4) is 0 Å². The fraction of sp³-hybridized carbons (Fsp3) is 0.273. The summed E-state index contributed by atoms with van der Waals surface area (Å²) in [7, 11) is 0. The van der Waals surface area contributed by atoms with Crippen molar-refractivity contribution in [1.29, 1.82) is 0 Å². The molecule has 1 atom stereocenters. The van der Waals surface area contributed by atoms with Gasteiger partial charge in [-0.3, -0.25) is 19.7 Å². The van der Waals surface area contributed by atoms with Gasteiger partial charge in [0.15, 0.2) is 0 Å². The van der Waals surface area contributed by atoms with Crippen LogP contribution in [0.15, 0.2) is 12.1 Å². The minimum Gasteiger partial charge on any atom is -0.480 e. The highest BCUT2D eigenvalue weighted by Gasteiger charge is 2.20. The number of amides is 1.